The van der Waals surface area contributed by atoms with Crippen molar-refractivity contribution < 1.29 is 0 Å². The van der Waals surface area contributed by atoms with Gasteiger partial charge in [0.25, 0.3) is 0 Å². The summed E-state index contributed by atoms with van der Waals surface area (Å²) in [5, 5.41) is 5.68. The third kappa shape index (κ3) is 2.21. The summed E-state index contributed by atoms with van der Waals surface area (Å²) in [7, 11) is 0. The Morgan fingerprint density at radius 1 is 1.54 bits per heavy atom. The first kappa shape index (κ1) is 9.43. The summed E-state index contributed by atoms with van der Waals surface area (Å²) in [5.74, 6) is 1.67. The summed E-state index contributed by atoms with van der Waals surface area (Å²) in [4.78, 5) is 8.91. The fourth-order valence-corrected chi connectivity index (χ4v) is 2.20. The first-order valence-corrected chi connectivity index (χ1v) is 6.87. The standard InChI is InChI=1S/C9H11BIN2/c1-2-9-12-7(6-3-4-6)5-8(11-10)13-9/h5-6H,2-4H2,1H3. The minimum absolute atomic E-state index is 0.379. The quantitative estimate of drug-likeness (QED) is 0.483. The summed E-state index contributed by atoms with van der Waals surface area (Å²) < 4.78 is 1.09. The Bertz CT molecular complexity index is 336. The topological polar surface area (TPSA) is 25.8 Å². The fraction of sp³-hybridized carbons (Fsp3) is 0.556. The molecular formula is C9H11BIN2. The van der Waals surface area contributed by atoms with Crippen LogP contribution in [0, 0.1) is 3.70 Å². The molecule has 0 bridgehead atoms. The van der Waals surface area contributed by atoms with E-state index in [1.807, 2.05) is 0 Å². The van der Waals surface area contributed by atoms with E-state index in [-0.39, 0.29) is 20.5 Å². The van der Waals surface area contributed by atoms with Crippen LogP contribution in [0.15, 0.2) is 6.07 Å². The van der Waals surface area contributed by atoms with Crippen molar-refractivity contribution >= 4 is 25.8 Å². The third-order valence-electron chi connectivity index (χ3n) is 2.18. The van der Waals surface area contributed by atoms with Crippen LogP contribution in [-0.4, -0.2) is 15.2 Å². The molecule has 0 N–H and O–H groups in total. The molecule has 1 heterocycles. The number of aryl methyl sites for hydroxylation is 1. The molecule has 13 heavy (non-hydrogen) atoms. The molecule has 4 heteroatoms. The average Bonchev–Trinajstić information content (AvgIpc) is 3.00. The van der Waals surface area contributed by atoms with Crippen LogP contribution in [0.5, 0.6) is 0 Å². The van der Waals surface area contributed by atoms with Gasteiger partial charge in [0.2, 0.25) is 0 Å². The summed E-state index contributed by atoms with van der Waals surface area (Å²) in [6, 6.07) is 2.10. The second-order valence-electron chi connectivity index (χ2n) is 3.27. The Morgan fingerprint density at radius 2 is 2.31 bits per heavy atom. The van der Waals surface area contributed by atoms with Crippen LogP contribution in [-0.2, 0) is 6.42 Å². The zero-order valence-electron chi connectivity index (χ0n) is 7.63. The van der Waals surface area contributed by atoms with Gasteiger partial charge in [0.05, 0.1) is 0 Å². The van der Waals surface area contributed by atoms with Gasteiger partial charge in [0, 0.05) is 0 Å². The maximum absolute atomic E-state index is 5.68. The van der Waals surface area contributed by atoms with Gasteiger partial charge in [-0.2, -0.15) is 0 Å². The molecule has 0 spiro atoms. The molecule has 0 saturated heterocycles. The van der Waals surface area contributed by atoms with Gasteiger partial charge >= 0.3 is 89.1 Å². The van der Waals surface area contributed by atoms with E-state index in [2.05, 4.69) is 23.0 Å². The average molecular weight is 285 g/mol. The zero-order valence-corrected chi connectivity index (χ0v) is 9.78. The Kier molecular flexibility index (Phi) is 2.86. The molecule has 0 aliphatic heterocycles. The van der Waals surface area contributed by atoms with Crippen LogP contribution >= 0.6 is 20.5 Å². The van der Waals surface area contributed by atoms with Crippen LogP contribution in [0.1, 0.15) is 37.2 Å². The van der Waals surface area contributed by atoms with Crippen molar-refractivity contribution in [3.05, 3.63) is 21.3 Å². The molecule has 67 valence electrons. The molecule has 1 saturated carbocycles. The molecule has 2 nitrogen and oxygen atoms in total. The van der Waals surface area contributed by atoms with Crippen LogP contribution in [0.3, 0.4) is 0 Å². The maximum atomic E-state index is 5.68. The van der Waals surface area contributed by atoms with Crippen molar-refractivity contribution in [1.29, 1.82) is 0 Å². The Labute approximate surface area is 89.0 Å². The van der Waals surface area contributed by atoms with Crippen molar-refractivity contribution in [2.45, 2.75) is 32.1 Å². The van der Waals surface area contributed by atoms with E-state index in [9.17, 15) is 0 Å². The summed E-state index contributed by atoms with van der Waals surface area (Å²) in [6.07, 6.45) is 3.50. The summed E-state index contributed by atoms with van der Waals surface area (Å²) >= 11 is -0.379. The number of aromatic nitrogens is 2. The van der Waals surface area contributed by atoms with Crippen LogP contribution < -0.4 is 0 Å². The van der Waals surface area contributed by atoms with Gasteiger partial charge in [-0.15, -0.1) is 0 Å². The molecule has 0 unspecified atom stereocenters. The number of halogens is 1. The van der Waals surface area contributed by atoms with E-state index in [1.54, 1.807) is 0 Å². The first-order valence-electron chi connectivity index (χ1n) is 4.54. The predicted octanol–water partition coefficient (Wildman–Crippen LogP) is 2.14. The summed E-state index contributed by atoms with van der Waals surface area (Å²) in [5.41, 5.74) is 1.23. The SMILES string of the molecule is [B]=Ic1cc(C2CC2)nc(CC)n1. The molecule has 1 aromatic rings. The number of hydrogen-bond donors (Lipinski definition) is 0. The van der Waals surface area contributed by atoms with Gasteiger partial charge in [0.15, 0.2) is 0 Å². The van der Waals surface area contributed by atoms with Gasteiger partial charge in [-0.3, -0.25) is 0 Å². The molecule has 0 aromatic carbocycles. The van der Waals surface area contributed by atoms with Crippen molar-refractivity contribution in [2.24, 2.45) is 0 Å². The van der Waals surface area contributed by atoms with Crippen molar-refractivity contribution in [3.8, 4) is 0 Å². The number of rotatable bonds is 3. The monoisotopic (exact) mass is 285 g/mol. The normalized spacial score (nSPS) is 16.0. The van der Waals surface area contributed by atoms with Crippen molar-refractivity contribution in [2.75, 3.05) is 0 Å². The minimum atomic E-state index is -0.379. The van der Waals surface area contributed by atoms with Gasteiger partial charge in [-0.1, -0.05) is 0 Å². The Balaban J connectivity index is 2.38. The van der Waals surface area contributed by atoms with Crippen molar-refractivity contribution in [1.82, 2.24) is 9.97 Å². The summed E-state index contributed by atoms with van der Waals surface area (Å²) in [6.45, 7) is 2.09. The first-order chi connectivity index (χ1) is 6.33. The van der Waals surface area contributed by atoms with E-state index in [0.29, 0.717) is 5.92 Å². The van der Waals surface area contributed by atoms with Crippen molar-refractivity contribution in [3.63, 3.8) is 0 Å². The molecule has 1 aromatic heterocycles. The molecular weight excluding hydrogens is 274 g/mol. The van der Waals surface area contributed by atoms with Gasteiger partial charge in [-0.25, -0.2) is 0 Å². The third-order valence-corrected chi connectivity index (χ3v) is 3.38. The van der Waals surface area contributed by atoms with Gasteiger partial charge < -0.3 is 0 Å². The molecule has 1 aliphatic carbocycles. The molecule has 1 radical (unpaired) electrons. The fourth-order valence-electron chi connectivity index (χ4n) is 1.29. The van der Waals surface area contributed by atoms with E-state index in [0.717, 1.165) is 15.9 Å². The van der Waals surface area contributed by atoms with Crippen LogP contribution in [0.4, 0.5) is 0 Å². The predicted molar refractivity (Wildman–Crippen MR) is 61.9 cm³/mol. The second-order valence-corrected chi connectivity index (χ2v) is 5.00. The van der Waals surface area contributed by atoms with Crippen LogP contribution in [0.25, 0.3) is 0 Å². The number of nitrogens with zero attached hydrogens (tertiary/aromatic N) is 2. The van der Waals surface area contributed by atoms with Gasteiger partial charge in [-0.05, 0) is 0 Å². The van der Waals surface area contributed by atoms with E-state index in [4.69, 9.17) is 5.27 Å². The Hall–Kier alpha value is -0.125. The molecule has 0 atom stereocenters. The molecule has 1 aliphatic rings. The van der Waals surface area contributed by atoms with Gasteiger partial charge in [0.1, 0.15) is 0 Å². The molecule has 2 rings (SSSR count). The van der Waals surface area contributed by atoms with Crippen LogP contribution in [0.2, 0.25) is 0 Å². The zero-order chi connectivity index (χ0) is 9.26. The Morgan fingerprint density at radius 3 is 2.85 bits per heavy atom. The molecule has 0 amide bonds. The second kappa shape index (κ2) is 3.94. The van der Waals surface area contributed by atoms with E-state index >= 15 is 0 Å². The number of hydrogen-bond acceptors (Lipinski definition) is 2. The molecule has 1 fully saturated rings. The van der Waals surface area contributed by atoms with E-state index in [1.165, 1.54) is 18.5 Å². The van der Waals surface area contributed by atoms with E-state index < -0.39 is 0 Å².